The van der Waals surface area contributed by atoms with Gasteiger partial charge in [-0.15, -0.1) is 0 Å². The average molecular weight is 335 g/mol. The Bertz CT molecular complexity index is 789. The molecular weight excluding hydrogens is 325 g/mol. The van der Waals surface area contributed by atoms with Gasteiger partial charge in [0.1, 0.15) is 0 Å². The lowest BCUT2D eigenvalue weighted by Gasteiger charge is -2.06. The smallest absolute Gasteiger partial charge is 0.198 e. The fourth-order valence-electron chi connectivity index (χ4n) is 2.15. The van der Waals surface area contributed by atoms with Crippen LogP contribution in [0.5, 0.6) is 0 Å². The molecule has 2 nitrogen and oxygen atoms in total. The SMILES string of the molecule is Cc1cccc2c(=O)c3c(I)cccc3[nH]c12. The van der Waals surface area contributed by atoms with Gasteiger partial charge in [0.2, 0.25) is 0 Å². The molecule has 3 aromatic rings. The highest BCUT2D eigenvalue weighted by atomic mass is 127. The van der Waals surface area contributed by atoms with E-state index < -0.39 is 0 Å². The van der Waals surface area contributed by atoms with Crippen molar-refractivity contribution in [3.63, 3.8) is 0 Å². The van der Waals surface area contributed by atoms with Crippen molar-refractivity contribution in [2.45, 2.75) is 6.92 Å². The van der Waals surface area contributed by atoms with Crippen molar-refractivity contribution in [1.82, 2.24) is 4.98 Å². The van der Waals surface area contributed by atoms with Crippen LogP contribution in [-0.4, -0.2) is 4.98 Å². The van der Waals surface area contributed by atoms with Gasteiger partial charge in [-0.25, -0.2) is 0 Å². The van der Waals surface area contributed by atoms with Crippen LogP contribution in [0, 0.1) is 10.5 Å². The molecule has 1 N–H and O–H groups in total. The Morgan fingerprint density at radius 2 is 1.88 bits per heavy atom. The number of aromatic amines is 1. The fraction of sp³-hybridized carbons (Fsp3) is 0.0714. The molecule has 0 atom stereocenters. The van der Waals surface area contributed by atoms with Gasteiger partial charge in [0, 0.05) is 8.96 Å². The number of aromatic nitrogens is 1. The summed E-state index contributed by atoms with van der Waals surface area (Å²) in [6.07, 6.45) is 0. The second-order valence-electron chi connectivity index (χ2n) is 4.11. The number of fused-ring (bicyclic) bond motifs is 2. The third-order valence-corrected chi connectivity index (χ3v) is 3.92. The maximum Gasteiger partial charge on any atom is 0.198 e. The molecule has 0 aliphatic rings. The second kappa shape index (κ2) is 3.84. The fourth-order valence-corrected chi connectivity index (χ4v) is 2.89. The molecule has 84 valence electrons. The molecule has 0 fully saturated rings. The van der Waals surface area contributed by atoms with Crippen LogP contribution in [0.15, 0.2) is 41.2 Å². The highest BCUT2D eigenvalue weighted by Gasteiger charge is 2.08. The van der Waals surface area contributed by atoms with Gasteiger partial charge < -0.3 is 4.98 Å². The van der Waals surface area contributed by atoms with Gasteiger partial charge in [-0.05, 0) is 53.3 Å². The van der Waals surface area contributed by atoms with Crippen molar-refractivity contribution in [1.29, 1.82) is 0 Å². The van der Waals surface area contributed by atoms with Gasteiger partial charge in [-0.2, -0.15) is 0 Å². The van der Waals surface area contributed by atoms with E-state index >= 15 is 0 Å². The number of hydrogen-bond donors (Lipinski definition) is 1. The van der Waals surface area contributed by atoms with E-state index in [0.29, 0.717) is 0 Å². The molecule has 1 aromatic heterocycles. The Morgan fingerprint density at radius 3 is 2.71 bits per heavy atom. The molecule has 0 aliphatic carbocycles. The summed E-state index contributed by atoms with van der Waals surface area (Å²) in [6.45, 7) is 2.01. The number of halogens is 1. The zero-order valence-electron chi connectivity index (χ0n) is 9.25. The van der Waals surface area contributed by atoms with E-state index in [9.17, 15) is 4.79 Å². The first-order valence-electron chi connectivity index (χ1n) is 5.38. The summed E-state index contributed by atoms with van der Waals surface area (Å²) in [5, 5.41) is 1.55. The molecule has 0 saturated heterocycles. The third-order valence-electron chi connectivity index (χ3n) is 3.02. The number of para-hydroxylation sites is 1. The minimum atomic E-state index is 0.113. The molecule has 0 unspecified atom stereocenters. The summed E-state index contributed by atoms with van der Waals surface area (Å²) >= 11 is 2.21. The Hall–Kier alpha value is -1.36. The van der Waals surface area contributed by atoms with Crippen molar-refractivity contribution in [2.24, 2.45) is 0 Å². The van der Waals surface area contributed by atoms with Gasteiger partial charge in [0.25, 0.3) is 0 Å². The highest BCUT2D eigenvalue weighted by molar-refractivity contribution is 14.1. The van der Waals surface area contributed by atoms with Crippen molar-refractivity contribution in [3.05, 3.63) is 55.8 Å². The number of pyridine rings is 1. The zero-order valence-corrected chi connectivity index (χ0v) is 11.4. The molecule has 0 radical (unpaired) electrons. The topological polar surface area (TPSA) is 32.9 Å². The predicted octanol–water partition coefficient (Wildman–Crippen LogP) is 3.59. The minimum absolute atomic E-state index is 0.113. The number of nitrogens with one attached hydrogen (secondary N) is 1. The standard InChI is InChI=1S/C14H10INO/c1-8-4-2-5-9-13(8)16-11-7-3-6-10(15)12(11)14(9)17/h2-7H,1H3,(H,16,17). The molecule has 0 saturated carbocycles. The molecule has 1 heterocycles. The lowest BCUT2D eigenvalue weighted by molar-refractivity contribution is 1.41. The van der Waals surface area contributed by atoms with E-state index in [4.69, 9.17) is 0 Å². The van der Waals surface area contributed by atoms with Gasteiger partial charge in [-0.3, -0.25) is 4.79 Å². The molecule has 3 rings (SSSR count). The quantitative estimate of drug-likeness (QED) is 0.494. The van der Waals surface area contributed by atoms with E-state index in [1.165, 1.54) is 0 Å². The van der Waals surface area contributed by atoms with Gasteiger partial charge in [0.05, 0.1) is 16.4 Å². The van der Waals surface area contributed by atoms with Crippen LogP contribution in [0.3, 0.4) is 0 Å². The molecule has 0 amide bonds. The van der Waals surface area contributed by atoms with Crippen molar-refractivity contribution in [2.75, 3.05) is 0 Å². The van der Waals surface area contributed by atoms with Crippen LogP contribution in [-0.2, 0) is 0 Å². The Balaban J connectivity index is 2.68. The summed E-state index contributed by atoms with van der Waals surface area (Å²) < 4.78 is 0.991. The molecule has 0 spiro atoms. The summed E-state index contributed by atoms with van der Waals surface area (Å²) in [7, 11) is 0. The van der Waals surface area contributed by atoms with E-state index in [1.807, 2.05) is 43.3 Å². The monoisotopic (exact) mass is 335 g/mol. The molecule has 0 aliphatic heterocycles. The van der Waals surface area contributed by atoms with Crippen LogP contribution in [0.25, 0.3) is 21.8 Å². The zero-order chi connectivity index (χ0) is 12.0. The highest BCUT2D eigenvalue weighted by Crippen LogP contribution is 2.20. The lowest BCUT2D eigenvalue weighted by atomic mass is 10.1. The van der Waals surface area contributed by atoms with E-state index in [2.05, 4.69) is 27.6 Å². The number of rotatable bonds is 0. The van der Waals surface area contributed by atoms with Gasteiger partial charge in [0.15, 0.2) is 5.43 Å². The first-order valence-corrected chi connectivity index (χ1v) is 6.46. The van der Waals surface area contributed by atoms with Gasteiger partial charge >= 0.3 is 0 Å². The Morgan fingerprint density at radius 1 is 1.12 bits per heavy atom. The first-order chi connectivity index (χ1) is 8.18. The Labute approximate surface area is 112 Å². The van der Waals surface area contributed by atoms with Crippen LogP contribution >= 0.6 is 22.6 Å². The van der Waals surface area contributed by atoms with Crippen LogP contribution in [0.1, 0.15) is 5.56 Å². The largest absolute Gasteiger partial charge is 0.354 e. The summed E-state index contributed by atoms with van der Waals surface area (Å²) in [4.78, 5) is 15.8. The van der Waals surface area contributed by atoms with E-state index in [1.54, 1.807) is 0 Å². The number of hydrogen-bond acceptors (Lipinski definition) is 1. The summed E-state index contributed by atoms with van der Waals surface area (Å²) in [5.41, 5.74) is 3.05. The van der Waals surface area contributed by atoms with Crippen molar-refractivity contribution >= 4 is 44.4 Å². The van der Waals surface area contributed by atoms with Crippen LogP contribution in [0.4, 0.5) is 0 Å². The number of aryl methyl sites for hydroxylation is 1. The first kappa shape index (κ1) is 10.8. The second-order valence-corrected chi connectivity index (χ2v) is 5.28. The minimum Gasteiger partial charge on any atom is -0.354 e. The van der Waals surface area contributed by atoms with E-state index in [-0.39, 0.29) is 5.43 Å². The van der Waals surface area contributed by atoms with Crippen molar-refractivity contribution in [3.8, 4) is 0 Å². The molecular formula is C14H10INO. The van der Waals surface area contributed by atoms with Gasteiger partial charge in [-0.1, -0.05) is 18.2 Å². The lowest BCUT2D eigenvalue weighted by Crippen LogP contribution is -2.06. The third kappa shape index (κ3) is 1.57. The number of H-pyrrole nitrogens is 1. The normalized spacial score (nSPS) is 11.2. The molecule has 17 heavy (non-hydrogen) atoms. The molecule has 2 aromatic carbocycles. The summed E-state index contributed by atoms with van der Waals surface area (Å²) in [5.74, 6) is 0. The average Bonchev–Trinajstić information content (AvgIpc) is 2.31. The van der Waals surface area contributed by atoms with Crippen LogP contribution in [0.2, 0.25) is 0 Å². The summed E-state index contributed by atoms with van der Waals surface area (Å²) in [6, 6.07) is 11.7. The molecule has 0 bridgehead atoms. The van der Waals surface area contributed by atoms with E-state index in [0.717, 1.165) is 30.9 Å². The maximum atomic E-state index is 12.4. The number of benzene rings is 2. The predicted molar refractivity (Wildman–Crippen MR) is 79.5 cm³/mol. The van der Waals surface area contributed by atoms with Crippen molar-refractivity contribution < 1.29 is 0 Å². The Kier molecular flexibility index (Phi) is 2.43. The molecule has 3 heteroatoms. The van der Waals surface area contributed by atoms with Crippen LogP contribution < -0.4 is 5.43 Å². The maximum absolute atomic E-state index is 12.4.